The molecule has 0 saturated carbocycles. The lowest BCUT2D eigenvalue weighted by Gasteiger charge is -2.09. The lowest BCUT2D eigenvalue weighted by atomic mass is 10.2. The highest BCUT2D eigenvalue weighted by molar-refractivity contribution is 5.96. The third-order valence-corrected chi connectivity index (χ3v) is 2.93. The maximum absolute atomic E-state index is 12.8. The average Bonchev–Trinajstić information content (AvgIpc) is 2.46. The minimum atomic E-state index is -0.374. The maximum Gasteiger partial charge on any atom is 0.272 e. The molecule has 0 atom stereocenters. The second-order valence-electron chi connectivity index (χ2n) is 5.00. The van der Waals surface area contributed by atoms with Crippen molar-refractivity contribution in [2.24, 2.45) is 0 Å². The summed E-state index contributed by atoms with van der Waals surface area (Å²) in [7, 11) is 0. The quantitative estimate of drug-likeness (QED) is 0.904. The molecule has 1 heterocycles. The molecule has 0 bridgehead atoms. The van der Waals surface area contributed by atoms with Crippen molar-refractivity contribution in [1.82, 2.24) is 15.3 Å². The lowest BCUT2D eigenvalue weighted by molar-refractivity contribution is 0.0946. The molecular weight excluding hydrogens is 271 g/mol. The first-order chi connectivity index (χ1) is 9.97. The SMILES string of the molecule is CC(C)c1ncc(N)c(C(=O)NCc2ccc(F)cc2)n1. The van der Waals surface area contributed by atoms with Gasteiger partial charge in [-0.05, 0) is 17.7 Å². The van der Waals surface area contributed by atoms with Crippen LogP contribution < -0.4 is 11.1 Å². The zero-order chi connectivity index (χ0) is 15.4. The van der Waals surface area contributed by atoms with Crippen LogP contribution >= 0.6 is 0 Å². The van der Waals surface area contributed by atoms with Crippen molar-refractivity contribution >= 4 is 11.6 Å². The Hall–Kier alpha value is -2.50. The van der Waals surface area contributed by atoms with E-state index in [2.05, 4.69) is 15.3 Å². The molecule has 0 unspecified atom stereocenters. The minimum absolute atomic E-state index is 0.106. The first-order valence-electron chi connectivity index (χ1n) is 6.62. The summed E-state index contributed by atoms with van der Waals surface area (Å²) in [6.45, 7) is 4.15. The van der Waals surface area contributed by atoms with Crippen LogP contribution in [0.1, 0.15) is 41.6 Å². The topological polar surface area (TPSA) is 80.9 Å². The normalized spacial score (nSPS) is 10.7. The Morgan fingerprint density at radius 3 is 2.62 bits per heavy atom. The van der Waals surface area contributed by atoms with Crippen molar-refractivity contribution in [3.8, 4) is 0 Å². The zero-order valence-electron chi connectivity index (χ0n) is 11.9. The van der Waals surface area contributed by atoms with E-state index < -0.39 is 0 Å². The Morgan fingerprint density at radius 1 is 1.33 bits per heavy atom. The smallest absolute Gasteiger partial charge is 0.272 e. The molecular formula is C15H17FN4O. The van der Waals surface area contributed by atoms with Crippen LogP contribution in [0.3, 0.4) is 0 Å². The number of benzene rings is 1. The van der Waals surface area contributed by atoms with Crippen LogP contribution in [0.5, 0.6) is 0 Å². The number of nitrogen functional groups attached to an aromatic ring is 1. The van der Waals surface area contributed by atoms with Gasteiger partial charge in [0.2, 0.25) is 0 Å². The predicted octanol–water partition coefficient (Wildman–Crippen LogP) is 2.25. The van der Waals surface area contributed by atoms with Crippen molar-refractivity contribution in [2.75, 3.05) is 5.73 Å². The molecule has 1 aromatic heterocycles. The van der Waals surface area contributed by atoms with Gasteiger partial charge >= 0.3 is 0 Å². The molecule has 2 aromatic rings. The summed E-state index contributed by atoms with van der Waals surface area (Å²) >= 11 is 0. The van der Waals surface area contributed by atoms with E-state index in [-0.39, 0.29) is 35.6 Å². The first-order valence-corrected chi connectivity index (χ1v) is 6.62. The maximum atomic E-state index is 12.8. The summed E-state index contributed by atoms with van der Waals surface area (Å²) in [4.78, 5) is 20.4. The van der Waals surface area contributed by atoms with Crippen molar-refractivity contribution in [2.45, 2.75) is 26.3 Å². The van der Waals surface area contributed by atoms with Gasteiger partial charge in [0.05, 0.1) is 11.9 Å². The van der Waals surface area contributed by atoms with E-state index in [1.54, 1.807) is 12.1 Å². The number of nitrogens with two attached hydrogens (primary N) is 1. The zero-order valence-corrected chi connectivity index (χ0v) is 11.9. The van der Waals surface area contributed by atoms with E-state index in [0.29, 0.717) is 5.82 Å². The Balaban J connectivity index is 2.09. The number of carbonyl (C=O) groups is 1. The number of carbonyl (C=O) groups excluding carboxylic acids is 1. The molecule has 0 fully saturated rings. The van der Waals surface area contributed by atoms with E-state index in [0.717, 1.165) is 5.56 Å². The standard InChI is InChI=1S/C15H17FN4O/c1-9(2)14-18-8-12(17)13(20-14)15(21)19-7-10-3-5-11(16)6-4-10/h3-6,8-9H,7,17H2,1-2H3,(H,19,21). The second kappa shape index (κ2) is 6.30. The van der Waals surface area contributed by atoms with Crippen LogP contribution in [-0.2, 0) is 6.54 Å². The minimum Gasteiger partial charge on any atom is -0.396 e. The molecule has 6 heteroatoms. The molecule has 0 radical (unpaired) electrons. The Kier molecular flexibility index (Phi) is 4.47. The number of halogens is 1. The number of nitrogens with one attached hydrogen (secondary N) is 1. The highest BCUT2D eigenvalue weighted by Crippen LogP contribution is 2.13. The summed E-state index contributed by atoms with van der Waals surface area (Å²) in [5.41, 5.74) is 6.93. The van der Waals surface area contributed by atoms with Crippen LogP contribution in [0.2, 0.25) is 0 Å². The number of aromatic nitrogens is 2. The van der Waals surface area contributed by atoms with Gasteiger partial charge < -0.3 is 11.1 Å². The summed E-state index contributed by atoms with van der Waals surface area (Å²) in [5.74, 6) is -0.0156. The first kappa shape index (κ1) is 14.9. The fraction of sp³-hybridized carbons (Fsp3) is 0.267. The monoisotopic (exact) mass is 288 g/mol. The van der Waals surface area contributed by atoms with Gasteiger partial charge in [-0.15, -0.1) is 0 Å². The Morgan fingerprint density at radius 2 is 2.00 bits per heavy atom. The summed E-state index contributed by atoms with van der Waals surface area (Å²) in [6, 6.07) is 5.91. The van der Waals surface area contributed by atoms with Crippen LogP contribution in [-0.4, -0.2) is 15.9 Å². The third-order valence-electron chi connectivity index (χ3n) is 2.93. The van der Waals surface area contributed by atoms with Gasteiger partial charge in [0, 0.05) is 12.5 Å². The van der Waals surface area contributed by atoms with Gasteiger partial charge in [0.1, 0.15) is 11.6 Å². The number of nitrogens with zero attached hydrogens (tertiary/aromatic N) is 2. The molecule has 110 valence electrons. The lowest BCUT2D eigenvalue weighted by Crippen LogP contribution is -2.25. The molecule has 0 aliphatic heterocycles. The molecule has 0 spiro atoms. The number of amides is 1. The molecule has 0 aliphatic carbocycles. The van der Waals surface area contributed by atoms with E-state index in [4.69, 9.17) is 5.73 Å². The Bertz CT molecular complexity index is 641. The fourth-order valence-corrected chi connectivity index (χ4v) is 1.73. The molecule has 0 aliphatic rings. The summed E-state index contributed by atoms with van der Waals surface area (Å²) < 4.78 is 12.8. The Labute approximate surface area is 122 Å². The summed E-state index contributed by atoms with van der Waals surface area (Å²) in [6.07, 6.45) is 1.44. The van der Waals surface area contributed by atoms with Crippen molar-refractivity contribution in [3.05, 3.63) is 53.4 Å². The van der Waals surface area contributed by atoms with Crippen molar-refractivity contribution in [1.29, 1.82) is 0 Å². The predicted molar refractivity (Wildman–Crippen MR) is 78.1 cm³/mol. The van der Waals surface area contributed by atoms with E-state index in [9.17, 15) is 9.18 Å². The number of hydrogen-bond acceptors (Lipinski definition) is 4. The highest BCUT2D eigenvalue weighted by atomic mass is 19.1. The van der Waals surface area contributed by atoms with Gasteiger partial charge in [-0.25, -0.2) is 14.4 Å². The van der Waals surface area contributed by atoms with E-state index in [1.807, 2.05) is 13.8 Å². The third kappa shape index (κ3) is 3.75. The fourth-order valence-electron chi connectivity index (χ4n) is 1.73. The molecule has 3 N–H and O–H groups in total. The van der Waals surface area contributed by atoms with E-state index in [1.165, 1.54) is 18.3 Å². The molecule has 1 amide bonds. The van der Waals surface area contributed by atoms with Gasteiger partial charge in [0.15, 0.2) is 5.69 Å². The van der Waals surface area contributed by atoms with Crippen molar-refractivity contribution in [3.63, 3.8) is 0 Å². The van der Waals surface area contributed by atoms with Crippen LogP contribution in [0, 0.1) is 5.82 Å². The molecule has 5 nitrogen and oxygen atoms in total. The van der Waals surface area contributed by atoms with Gasteiger partial charge in [0.25, 0.3) is 5.91 Å². The highest BCUT2D eigenvalue weighted by Gasteiger charge is 2.14. The van der Waals surface area contributed by atoms with Crippen LogP contribution in [0.25, 0.3) is 0 Å². The van der Waals surface area contributed by atoms with Crippen LogP contribution in [0.15, 0.2) is 30.5 Å². The van der Waals surface area contributed by atoms with Crippen LogP contribution in [0.4, 0.5) is 10.1 Å². The molecule has 0 saturated heterocycles. The largest absolute Gasteiger partial charge is 0.396 e. The molecule has 1 aromatic carbocycles. The van der Waals surface area contributed by atoms with Crippen molar-refractivity contribution < 1.29 is 9.18 Å². The molecule has 2 rings (SSSR count). The average molecular weight is 288 g/mol. The molecule has 21 heavy (non-hydrogen) atoms. The van der Waals surface area contributed by atoms with Gasteiger partial charge in [-0.1, -0.05) is 26.0 Å². The number of rotatable bonds is 4. The number of anilines is 1. The van der Waals surface area contributed by atoms with Gasteiger partial charge in [-0.3, -0.25) is 4.79 Å². The number of hydrogen-bond donors (Lipinski definition) is 2. The van der Waals surface area contributed by atoms with Gasteiger partial charge in [-0.2, -0.15) is 0 Å². The van der Waals surface area contributed by atoms with E-state index >= 15 is 0 Å². The summed E-state index contributed by atoms with van der Waals surface area (Å²) in [5, 5.41) is 2.71. The second-order valence-corrected chi connectivity index (χ2v) is 5.00.